The number of pyridine rings is 1. The molecule has 1 saturated heterocycles. The number of benzene rings is 1. The van der Waals surface area contributed by atoms with E-state index in [-0.39, 0.29) is 33.0 Å². The van der Waals surface area contributed by atoms with Crippen LogP contribution in [0.1, 0.15) is 5.56 Å². The van der Waals surface area contributed by atoms with Gasteiger partial charge in [0.1, 0.15) is 16.8 Å². The summed E-state index contributed by atoms with van der Waals surface area (Å²) in [7, 11) is -3.46. The highest BCUT2D eigenvalue weighted by Crippen LogP contribution is 2.36. The lowest BCUT2D eigenvalue weighted by atomic mass is 9.98. The molecule has 2 aromatic rings. The molecule has 2 heterocycles. The predicted octanol–water partition coefficient (Wildman–Crippen LogP) is -1.94. The standard InChI is InChI=1S/C15H21N9O2S2/c16-12-9(3-4-22-15(12)18)8-1-2-10(27(25)7-5-21-6-7)13(28(20)26)11(8)14(17)23-24-19/h1-4,7,21,24H,5-6,16,19-20H2,(H2,17,23)(H2,18,22). The van der Waals surface area contributed by atoms with Crippen molar-refractivity contribution in [3.05, 3.63) is 30.0 Å². The molecule has 12 N–H and O–H groups in total. The number of nitrogens with one attached hydrogen (secondary N) is 2. The third kappa shape index (κ3) is 3.57. The number of hydrazone groups is 1. The summed E-state index contributed by atoms with van der Waals surface area (Å²) in [6.45, 7) is 1.17. The van der Waals surface area contributed by atoms with Crippen LogP contribution in [0.25, 0.3) is 11.1 Å². The second-order valence-corrected chi connectivity index (χ2v) is 8.68. The largest absolute Gasteiger partial charge is 0.395 e. The highest BCUT2D eigenvalue weighted by molar-refractivity contribution is 7.87. The van der Waals surface area contributed by atoms with Gasteiger partial charge in [0.2, 0.25) is 0 Å². The molecule has 0 amide bonds. The van der Waals surface area contributed by atoms with E-state index in [0.717, 1.165) is 0 Å². The minimum Gasteiger partial charge on any atom is -0.395 e. The molecule has 150 valence electrons. The summed E-state index contributed by atoms with van der Waals surface area (Å²) in [6, 6.07) is 4.89. The van der Waals surface area contributed by atoms with Gasteiger partial charge in [0.05, 0.1) is 31.5 Å². The van der Waals surface area contributed by atoms with E-state index < -0.39 is 21.8 Å². The number of hydrazine groups is 1. The highest BCUT2D eigenvalue weighted by Gasteiger charge is 2.30. The number of aromatic nitrogens is 1. The maximum Gasteiger partial charge on any atom is 0.154 e. The monoisotopic (exact) mass is 423 g/mol. The van der Waals surface area contributed by atoms with E-state index >= 15 is 0 Å². The van der Waals surface area contributed by atoms with Crippen LogP contribution in [-0.4, -0.2) is 37.6 Å². The van der Waals surface area contributed by atoms with Crippen LogP contribution in [0.5, 0.6) is 0 Å². The van der Waals surface area contributed by atoms with Crippen LogP contribution in [0.4, 0.5) is 11.5 Å². The number of nitrogens with zero attached hydrogens (tertiary/aromatic N) is 2. The summed E-state index contributed by atoms with van der Waals surface area (Å²) in [4.78, 5) is 4.37. The number of rotatable bonds is 6. The molecule has 0 aliphatic carbocycles. The molecule has 0 radical (unpaired) electrons. The lowest BCUT2D eigenvalue weighted by Gasteiger charge is -2.27. The van der Waals surface area contributed by atoms with Gasteiger partial charge < -0.3 is 22.5 Å². The second-order valence-electron chi connectivity index (χ2n) is 5.97. The van der Waals surface area contributed by atoms with Crippen molar-refractivity contribution < 1.29 is 8.42 Å². The molecule has 1 aliphatic heterocycles. The molecule has 0 spiro atoms. The quantitative estimate of drug-likeness (QED) is 0.119. The van der Waals surface area contributed by atoms with E-state index in [2.05, 4.69) is 20.9 Å². The van der Waals surface area contributed by atoms with Crippen LogP contribution in [0.3, 0.4) is 0 Å². The Morgan fingerprint density at radius 3 is 2.50 bits per heavy atom. The fraction of sp³-hybridized carbons (Fsp3) is 0.200. The van der Waals surface area contributed by atoms with E-state index in [1.54, 1.807) is 18.2 Å². The van der Waals surface area contributed by atoms with Crippen LogP contribution < -0.4 is 39.0 Å². The van der Waals surface area contributed by atoms with E-state index in [9.17, 15) is 8.42 Å². The minimum atomic E-state index is -2.02. The van der Waals surface area contributed by atoms with Crippen LogP contribution in [0, 0.1) is 0 Å². The van der Waals surface area contributed by atoms with Crippen LogP contribution in [-0.2, 0) is 21.8 Å². The van der Waals surface area contributed by atoms with Crippen molar-refractivity contribution in [1.29, 1.82) is 0 Å². The van der Waals surface area contributed by atoms with Crippen molar-refractivity contribution in [1.82, 2.24) is 15.8 Å². The number of hydrogen-bond acceptors (Lipinski definition) is 9. The first kappa shape index (κ1) is 20.2. The molecule has 1 aromatic carbocycles. The van der Waals surface area contributed by atoms with Gasteiger partial charge in [0.15, 0.2) is 5.84 Å². The molecular formula is C15H21N9O2S2. The Bertz CT molecular complexity index is 992. The number of nitrogen functional groups attached to an aromatic ring is 2. The minimum absolute atomic E-state index is 0.0910. The average molecular weight is 424 g/mol. The maximum absolute atomic E-state index is 13.0. The molecule has 28 heavy (non-hydrogen) atoms. The van der Waals surface area contributed by atoms with Gasteiger partial charge in [-0.15, -0.1) is 5.10 Å². The third-order valence-corrected chi connectivity index (χ3v) is 7.01. The normalized spacial score (nSPS) is 17.0. The van der Waals surface area contributed by atoms with Gasteiger partial charge in [-0.1, -0.05) is 6.07 Å². The number of anilines is 2. The summed E-state index contributed by atoms with van der Waals surface area (Å²) in [5.74, 6) is 5.30. The molecule has 11 nitrogen and oxygen atoms in total. The van der Waals surface area contributed by atoms with Gasteiger partial charge in [-0.2, -0.15) is 0 Å². The van der Waals surface area contributed by atoms with Gasteiger partial charge in [-0.05, 0) is 17.7 Å². The van der Waals surface area contributed by atoms with Gasteiger partial charge in [-0.3, -0.25) is 4.21 Å². The van der Waals surface area contributed by atoms with Crippen LogP contribution >= 0.6 is 0 Å². The van der Waals surface area contributed by atoms with E-state index in [1.807, 2.05) is 0 Å². The average Bonchev–Trinajstić information content (AvgIpc) is 2.61. The summed E-state index contributed by atoms with van der Waals surface area (Å²) in [5, 5.41) is 12.5. The van der Waals surface area contributed by atoms with Crippen molar-refractivity contribution in [2.45, 2.75) is 15.0 Å². The fourth-order valence-electron chi connectivity index (χ4n) is 2.84. The predicted molar refractivity (Wildman–Crippen MR) is 110 cm³/mol. The molecule has 0 saturated carbocycles. The molecule has 0 bridgehead atoms. The fourth-order valence-corrected chi connectivity index (χ4v) is 5.40. The van der Waals surface area contributed by atoms with Gasteiger partial charge >= 0.3 is 0 Å². The third-order valence-electron chi connectivity index (χ3n) is 4.34. The van der Waals surface area contributed by atoms with Crippen LogP contribution in [0.2, 0.25) is 0 Å². The van der Waals surface area contributed by atoms with Gasteiger partial charge in [0.25, 0.3) is 0 Å². The first-order chi connectivity index (χ1) is 13.4. The Morgan fingerprint density at radius 1 is 1.21 bits per heavy atom. The molecule has 2 unspecified atom stereocenters. The summed E-state index contributed by atoms with van der Waals surface area (Å²) < 4.78 is 25.4. The zero-order chi connectivity index (χ0) is 20.4. The molecule has 2 atom stereocenters. The smallest absolute Gasteiger partial charge is 0.154 e. The Labute approximate surface area is 166 Å². The van der Waals surface area contributed by atoms with Crippen LogP contribution in [0.15, 0.2) is 39.3 Å². The highest BCUT2D eigenvalue weighted by atomic mass is 32.2. The van der Waals surface area contributed by atoms with Gasteiger partial charge in [0, 0.05) is 30.4 Å². The van der Waals surface area contributed by atoms with Crippen molar-refractivity contribution in [2.75, 3.05) is 24.6 Å². The molecule has 1 aliphatic rings. The molecule has 13 heteroatoms. The zero-order valence-electron chi connectivity index (χ0n) is 14.7. The molecule has 1 fully saturated rings. The summed E-state index contributed by atoms with van der Waals surface area (Å²) in [5.41, 5.74) is 21.5. The Hall–Kier alpha value is -2.58. The maximum atomic E-state index is 13.0. The molecule has 3 rings (SSSR count). The SMILES string of the molecule is NN/N=C(\N)c1c(-c2ccnc(N)c2N)ccc(S(=O)C2CNC2)c1S(N)=O. The number of amidine groups is 1. The van der Waals surface area contributed by atoms with Gasteiger partial charge in [-0.25, -0.2) is 25.7 Å². The molecular weight excluding hydrogens is 402 g/mol. The first-order valence-electron chi connectivity index (χ1n) is 8.10. The number of hydrogen-bond donors (Lipinski definition) is 7. The summed E-state index contributed by atoms with van der Waals surface area (Å²) >= 11 is 0. The van der Waals surface area contributed by atoms with Crippen molar-refractivity contribution in [2.24, 2.45) is 21.8 Å². The van der Waals surface area contributed by atoms with Crippen molar-refractivity contribution >= 4 is 39.1 Å². The second kappa shape index (κ2) is 8.20. The van der Waals surface area contributed by atoms with Crippen molar-refractivity contribution in [3.8, 4) is 11.1 Å². The zero-order valence-corrected chi connectivity index (χ0v) is 16.3. The lowest BCUT2D eigenvalue weighted by Crippen LogP contribution is -2.49. The van der Waals surface area contributed by atoms with E-state index in [1.165, 1.54) is 6.20 Å². The van der Waals surface area contributed by atoms with Crippen molar-refractivity contribution in [3.63, 3.8) is 0 Å². The lowest BCUT2D eigenvalue weighted by molar-refractivity contribution is 0.525. The first-order valence-corrected chi connectivity index (χ1v) is 10.5. The Balaban J connectivity index is 2.33. The van der Waals surface area contributed by atoms with E-state index in [4.69, 9.17) is 28.2 Å². The van der Waals surface area contributed by atoms with E-state index in [0.29, 0.717) is 29.1 Å². The topological polar surface area (TPSA) is 214 Å². The summed E-state index contributed by atoms with van der Waals surface area (Å²) in [6.07, 6.45) is 1.48. The number of nitrogens with two attached hydrogens (primary N) is 5. The Kier molecular flexibility index (Phi) is 5.90. The molecule has 1 aromatic heterocycles. The Morgan fingerprint density at radius 2 is 1.93 bits per heavy atom.